The Morgan fingerprint density at radius 3 is 2.48 bits per heavy atom. The lowest BCUT2D eigenvalue weighted by molar-refractivity contribution is 0.244. The van der Waals surface area contributed by atoms with Crippen molar-refractivity contribution in [2.75, 3.05) is 6.54 Å². The maximum atomic E-state index is 9.49. The largest absolute Gasteiger partial charge is 0.508 e. The van der Waals surface area contributed by atoms with Gasteiger partial charge in [0.25, 0.3) is 0 Å². The van der Waals surface area contributed by atoms with Gasteiger partial charge in [-0.05, 0) is 61.7 Å². The van der Waals surface area contributed by atoms with E-state index < -0.39 is 0 Å². The number of hydrogen-bond acceptors (Lipinski definition) is 3. The van der Waals surface area contributed by atoms with Gasteiger partial charge in [-0.15, -0.1) is 0 Å². The number of benzene rings is 2. The molecule has 3 nitrogen and oxygen atoms in total. The Morgan fingerprint density at radius 1 is 0.963 bits per heavy atom. The lowest BCUT2D eigenvalue weighted by Crippen LogP contribution is -2.23. The molecule has 1 aliphatic heterocycles. The first-order chi connectivity index (χ1) is 13.2. The summed E-state index contributed by atoms with van der Waals surface area (Å²) in [6.45, 7) is 4.11. The molecule has 1 atom stereocenters. The second-order valence-electron chi connectivity index (χ2n) is 7.51. The van der Waals surface area contributed by atoms with E-state index in [2.05, 4.69) is 54.3 Å². The minimum absolute atomic E-state index is 0.321. The molecule has 0 unspecified atom stereocenters. The van der Waals surface area contributed by atoms with E-state index in [1.807, 2.05) is 12.1 Å². The Morgan fingerprint density at radius 2 is 1.70 bits per heavy atom. The van der Waals surface area contributed by atoms with Crippen LogP contribution in [0.1, 0.15) is 47.0 Å². The summed E-state index contributed by atoms with van der Waals surface area (Å²) in [5.41, 5.74) is 6.13. The van der Waals surface area contributed by atoms with E-state index in [-0.39, 0.29) is 0 Å². The summed E-state index contributed by atoms with van der Waals surface area (Å²) in [5, 5.41) is 9.49. The summed E-state index contributed by atoms with van der Waals surface area (Å²) in [7, 11) is 0. The molecule has 0 radical (unpaired) electrons. The summed E-state index contributed by atoms with van der Waals surface area (Å²) < 4.78 is 0. The van der Waals surface area contributed by atoms with Gasteiger partial charge in [0, 0.05) is 18.7 Å². The number of aromatic hydroxyl groups is 1. The molecule has 1 aromatic heterocycles. The first-order valence-electron chi connectivity index (χ1n) is 9.71. The van der Waals surface area contributed by atoms with Gasteiger partial charge < -0.3 is 5.11 Å². The summed E-state index contributed by atoms with van der Waals surface area (Å²) in [6, 6.07) is 23.1. The van der Waals surface area contributed by atoms with Crippen LogP contribution in [0.2, 0.25) is 0 Å². The second-order valence-corrected chi connectivity index (χ2v) is 7.51. The number of aromatic nitrogens is 1. The van der Waals surface area contributed by atoms with Gasteiger partial charge in [-0.1, -0.05) is 48.0 Å². The molecular weight excluding hydrogens is 332 g/mol. The molecule has 1 N–H and O–H groups in total. The van der Waals surface area contributed by atoms with E-state index >= 15 is 0 Å². The fraction of sp³-hybridized carbons (Fsp3) is 0.292. The Kier molecular flexibility index (Phi) is 5.21. The van der Waals surface area contributed by atoms with E-state index in [0.29, 0.717) is 11.8 Å². The van der Waals surface area contributed by atoms with Crippen molar-refractivity contribution in [1.82, 2.24) is 9.88 Å². The maximum absolute atomic E-state index is 9.49. The molecule has 138 valence electrons. The van der Waals surface area contributed by atoms with Crippen molar-refractivity contribution in [3.63, 3.8) is 0 Å². The van der Waals surface area contributed by atoms with Crippen LogP contribution in [0.3, 0.4) is 0 Å². The molecule has 2 heterocycles. The topological polar surface area (TPSA) is 36.4 Å². The van der Waals surface area contributed by atoms with Crippen LogP contribution >= 0.6 is 0 Å². The number of phenols is 1. The molecule has 0 bridgehead atoms. The lowest BCUT2D eigenvalue weighted by Gasteiger charge is -2.24. The third kappa shape index (κ3) is 4.37. The van der Waals surface area contributed by atoms with Gasteiger partial charge >= 0.3 is 0 Å². The maximum Gasteiger partial charge on any atom is 0.115 e. The molecule has 3 aromatic rings. The van der Waals surface area contributed by atoms with Crippen LogP contribution in [0.5, 0.6) is 5.75 Å². The van der Waals surface area contributed by atoms with Crippen LogP contribution in [0.4, 0.5) is 0 Å². The van der Waals surface area contributed by atoms with E-state index in [4.69, 9.17) is 4.98 Å². The SMILES string of the molecule is Cc1ccc(Cc2cccc([C@@H]3CCCN3Cc3ccc(O)cc3)n2)cc1. The highest BCUT2D eigenvalue weighted by atomic mass is 16.3. The van der Waals surface area contributed by atoms with Crippen LogP contribution < -0.4 is 0 Å². The number of hydrogen-bond donors (Lipinski definition) is 1. The predicted molar refractivity (Wildman–Crippen MR) is 109 cm³/mol. The summed E-state index contributed by atoms with van der Waals surface area (Å²) in [5.74, 6) is 0.321. The zero-order valence-electron chi connectivity index (χ0n) is 15.8. The Labute approximate surface area is 161 Å². The zero-order valence-corrected chi connectivity index (χ0v) is 15.8. The molecule has 0 saturated carbocycles. The highest BCUT2D eigenvalue weighted by Crippen LogP contribution is 2.32. The molecule has 27 heavy (non-hydrogen) atoms. The molecule has 2 aromatic carbocycles. The van der Waals surface area contributed by atoms with Crippen molar-refractivity contribution < 1.29 is 5.11 Å². The number of aryl methyl sites for hydroxylation is 1. The van der Waals surface area contributed by atoms with Crippen molar-refractivity contribution in [1.29, 1.82) is 0 Å². The quantitative estimate of drug-likeness (QED) is 0.695. The van der Waals surface area contributed by atoms with Crippen LogP contribution in [-0.2, 0) is 13.0 Å². The van der Waals surface area contributed by atoms with Gasteiger partial charge in [0.15, 0.2) is 0 Å². The summed E-state index contributed by atoms with van der Waals surface area (Å²) in [6.07, 6.45) is 3.23. The first kappa shape index (κ1) is 17.7. The van der Waals surface area contributed by atoms with Crippen LogP contribution in [0.25, 0.3) is 0 Å². The number of phenolic OH excluding ortho intramolecular Hbond substituents is 1. The summed E-state index contributed by atoms with van der Waals surface area (Å²) in [4.78, 5) is 7.50. The summed E-state index contributed by atoms with van der Waals surface area (Å²) >= 11 is 0. The average molecular weight is 358 g/mol. The number of pyridine rings is 1. The van der Waals surface area contributed by atoms with Gasteiger partial charge in [-0.3, -0.25) is 9.88 Å². The van der Waals surface area contributed by atoms with Crippen molar-refractivity contribution in [2.24, 2.45) is 0 Å². The second kappa shape index (κ2) is 7.93. The normalized spacial score (nSPS) is 17.3. The van der Waals surface area contributed by atoms with Crippen LogP contribution in [-0.4, -0.2) is 21.5 Å². The number of likely N-dealkylation sites (tertiary alicyclic amines) is 1. The van der Waals surface area contributed by atoms with Crippen molar-refractivity contribution in [3.8, 4) is 5.75 Å². The number of rotatable bonds is 5. The van der Waals surface area contributed by atoms with Gasteiger partial charge in [-0.25, -0.2) is 0 Å². The van der Waals surface area contributed by atoms with Crippen LogP contribution in [0, 0.1) is 6.92 Å². The average Bonchev–Trinajstić information content (AvgIpc) is 3.14. The minimum Gasteiger partial charge on any atom is -0.508 e. The highest BCUT2D eigenvalue weighted by molar-refractivity contribution is 5.28. The first-order valence-corrected chi connectivity index (χ1v) is 9.71. The molecule has 0 spiro atoms. The van der Waals surface area contributed by atoms with Gasteiger partial charge in [0.1, 0.15) is 5.75 Å². The molecule has 1 saturated heterocycles. The molecule has 0 aliphatic carbocycles. The predicted octanol–water partition coefficient (Wildman–Crippen LogP) is 5.02. The molecular formula is C24H26N2O. The fourth-order valence-corrected chi connectivity index (χ4v) is 3.88. The Hall–Kier alpha value is -2.65. The van der Waals surface area contributed by atoms with Crippen LogP contribution in [0.15, 0.2) is 66.7 Å². The van der Waals surface area contributed by atoms with Crippen molar-refractivity contribution in [3.05, 3.63) is 94.8 Å². The molecule has 1 aliphatic rings. The third-order valence-corrected chi connectivity index (χ3v) is 5.36. The number of nitrogens with zero attached hydrogens (tertiary/aromatic N) is 2. The van der Waals surface area contributed by atoms with E-state index in [0.717, 1.165) is 31.6 Å². The molecule has 4 rings (SSSR count). The van der Waals surface area contributed by atoms with Gasteiger partial charge in [-0.2, -0.15) is 0 Å². The zero-order chi connectivity index (χ0) is 18.6. The molecule has 1 fully saturated rings. The standard InChI is InChI=1S/C24H26N2O/c1-18-7-9-19(10-8-18)16-21-4-2-5-23(25-21)24-6-3-15-26(24)17-20-11-13-22(27)14-12-20/h2,4-5,7-14,24,27H,3,6,15-17H2,1H3/t24-/m0/s1. The monoisotopic (exact) mass is 358 g/mol. The Balaban J connectivity index is 1.49. The van der Waals surface area contributed by atoms with E-state index in [1.165, 1.54) is 28.8 Å². The van der Waals surface area contributed by atoms with E-state index in [1.54, 1.807) is 12.1 Å². The lowest BCUT2D eigenvalue weighted by atomic mass is 10.1. The smallest absolute Gasteiger partial charge is 0.115 e. The van der Waals surface area contributed by atoms with E-state index in [9.17, 15) is 5.11 Å². The molecule has 3 heteroatoms. The molecule has 0 amide bonds. The van der Waals surface area contributed by atoms with Crippen molar-refractivity contribution in [2.45, 2.75) is 38.8 Å². The minimum atomic E-state index is 0.321. The van der Waals surface area contributed by atoms with Gasteiger partial charge in [0.05, 0.1) is 11.7 Å². The highest BCUT2D eigenvalue weighted by Gasteiger charge is 2.27. The van der Waals surface area contributed by atoms with Crippen molar-refractivity contribution >= 4 is 0 Å². The Bertz CT molecular complexity index is 887. The third-order valence-electron chi connectivity index (χ3n) is 5.36. The fourth-order valence-electron chi connectivity index (χ4n) is 3.88. The van der Waals surface area contributed by atoms with Gasteiger partial charge in [0.2, 0.25) is 0 Å².